The number of hydrogen-bond donors (Lipinski definition) is 7. The van der Waals surface area contributed by atoms with Crippen LogP contribution in [0.3, 0.4) is 0 Å². The van der Waals surface area contributed by atoms with Crippen molar-refractivity contribution < 1.29 is 34.8 Å². The topological polar surface area (TPSA) is 182 Å². The second kappa shape index (κ2) is 12.4. The number of amides is 2. The first-order valence-electron chi connectivity index (χ1n) is 11.5. The molecule has 3 atom stereocenters. The van der Waals surface area contributed by atoms with Gasteiger partial charge in [0, 0.05) is 12.8 Å². The van der Waals surface area contributed by atoms with Crippen molar-refractivity contribution >= 4 is 17.8 Å². The van der Waals surface area contributed by atoms with E-state index in [9.17, 15) is 34.8 Å². The van der Waals surface area contributed by atoms with Crippen LogP contribution < -0.4 is 16.4 Å². The van der Waals surface area contributed by atoms with E-state index in [4.69, 9.17) is 5.73 Å². The summed E-state index contributed by atoms with van der Waals surface area (Å²) in [6, 6.07) is 14.7. The molecule has 0 spiro atoms. The lowest BCUT2D eigenvalue weighted by molar-refractivity contribution is -0.142. The van der Waals surface area contributed by atoms with Gasteiger partial charge in [0.05, 0.1) is 6.04 Å². The average molecular weight is 508 g/mol. The molecule has 0 bridgehead atoms. The highest BCUT2D eigenvalue weighted by atomic mass is 16.4. The molecule has 1 unspecified atom stereocenters. The van der Waals surface area contributed by atoms with Crippen LogP contribution in [0.2, 0.25) is 0 Å². The summed E-state index contributed by atoms with van der Waals surface area (Å²) in [5, 5.41) is 43.2. The largest absolute Gasteiger partial charge is 0.508 e. The molecule has 0 saturated carbocycles. The number of phenolic OH excluding ortho intramolecular Hbond substituents is 3. The molecular weight excluding hydrogens is 478 g/mol. The Morgan fingerprint density at radius 1 is 0.595 bits per heavy atom. The third-order valence-electron chi connectivity index (χ3n) is 5.73. The first kappa shape index (κ1) is 27.0. The van der Waals surface area contributed by atoms with Crippen LogP contribution in [0.25, 0.3) is 0 Å². The van der Waals surface area contributed by atoms with Gasteiger partial charge in [0.2, 0.25) is 11.8 Å². The van der Waals surface area contributed by atoms with E-state index in [2.05, 4.69) is 10.6 Å². The number of hydrogen-bond acceptors (Lipinski definition) is 7. The highest BCUT2D eigenvalue weighted by molar-refractivity contribution is 5.92. The zero-order valence-electron chi connectivity index (χ0n) is 19.9. The van der Waals surface area contributed by atoms with E-state index in [1.54, 1.807) is 36.4 Å². The van der Waals surface area contributed by atoms with Gasteiger partial charge in [-0.15, -0.1) is 0 Å². The SMILES string of the molecule is N[C@@H](Cc1ccc(O)cc1)C(=O)N[C@@H](Cc1ccc(O)cc1)C(=O)NC(Cc1ccc(O)cc1)C(=O)O. The minimum atomic E-state index is -1.29. The Bertz CT molecular complexity index is 1210. The van der Waals surface area contributed by atoms with Crippen LogP contribution in [0.4, 0.5) is 0 Å². The lowest BCUT2D eigenvalue weighted by Crippen LogP contribution is -2.55. The van der Waals surface area contributed by atoms with Crippen molar-refractivity contribution in [2.45, 2.75) is 37.4 Å². The molecule has 0 aliphatic heterocycles. The van der Waals surface area contributed by atoms with Crippen molar-refractivity contribution in [3.8, 4) is 17.2 Å². The minimum Gasteiger partial charge on any atom is -0.508 e. The van der Waals surface area contributed by atoms with E-state index < -0.39 is 35.9 Å². The minimum absolute atomic E-state index is 0.0231. The number of carbonyl (C=O) groups is 3. The molecule has 37 heavy (non-hydrogen) atoms. The van der Waals surface area contributed by atoms with Crippen molar-refractivity contribution in [1.82, 2.24) is 10.6 Å². The van der Waals surface area contributed by atoms with Crippen molar-refractivity contribution in [2.75, 3.05) is 0 Å². The number of carboxylic acids is 1. The van der Waals surface area contributed by atoms with Gasteiger partial charge in [-0.2, -0.15) is 0 Å². The molecule has 0 saturated heterocycles. The predicted molar refractivity (Wildman–Crippen MR) is 135 cm³/mol. The van der Waals surface area contributed by atoms with Crippen molar-refractivity contribution in [1.29, 1.82) is 0 Å². The molecular formula is C27H29N3O7. The molecule has 0 radical (unpaired) electrons. The van der Waals surface area contributed by atoms with Gasteiger partial charge in [-0.3, -0.25) is 9.59 Å². The van der Waals surface area contributed by atoms with E-state index in [1.807, 2.05) is 0 Å². The molecule has 10 nitrogen and oxygen atoms in total. The number of aliphatic carboxylic acids is 1. The summed E-state index contributed by atoms with van der Waals surface area (Å²) in [6.45, 7) is 0. The molecule has 3 aromatic rings. The van der Waals surface area contributed by atoms with Crippen molar-refractivity contribution in [3.05, 3.63) is 89.5 Å². The van der Waals surface area contributed by atoms with Crippen molar-refractivity contribution in [3.63, 3.8) is 0 Å². The van der Waals surface area contributed by atoms with E-state index in [1.165, 1.54) is 36.4 Å². The summed E-state index contributed by atoms with van der Waals surface area (Å²) in [4.78, 5) is 37.9. The van der Waals surface area contributed by atoms with Crippen LogP contribution in [0.15, 0.2) is 72.8 Å². The van der Waals surface area contributed by atoms with Crippen LogP contribution >= 0.6 is 0 Å². The molecule has 3 aromatic carbocycles. The van der Waals surface area contributed by atoms with Crippen molar-refractivity contribution in [2.24, 2.45) is 5.73 Å². The lowest BCUT2D eigenvalue weighted by atomic mass is 10.0. The van der Waals surface area contributed by atoms with Crippen LogP contribution in [-0.2, 0) is 33.6 Å². The molecule has 2 amide bonds. The van der Waals surface area contributed by atoms with Crippen LogP contribution in [0.5, 0.6) is 17.2 Å². The third-order valence-corrected chi connectivity index (χ3v) is 5.73. The summed E-state index contributed by atoms with van der Waals surface area (Å²) < 4.78 is 0. The highest BCUT2D eigenvalue weighted by Gasteiger charge is 2.28. The van der Waals surface area contributed by atoms with Gasteiger partial charge in [-0.25, -0.2) is 4.79 Å². The number of nitrogens with two attached hydrogens (primary N) is 1. The van der Waals surface area contributed by atoms with Gasteiger partial charge in [0.1, 0.15) is 29.3 Å². The van der Waals surface area contributed by atoms with E-state index in [0.29, 0.717) is 16.7 Å². The molecule has 8 N–H and O–H groups in total. The maximum Gasteiger partial charge on any atom is 0.326 e. The average Bonchev–Trinajstić information content (AvgIpc) is 2.87. The number of benzene rings is 3. The van der Waals surface area contributed by atoms with Gasteiger partial charge in [-0.1, -0.05) is 36.4 Å². The van der Waals surface area contributed by atoms with Gasteiger partial charge in [0.15, 0.2) is 0 Å². The lowest BCUT2D eigenvalue weighted by Gasteiger charge is -2.23. The first-order valence-corrected chi connectivity index (χ1v) is 11.5. The summed E-state index contributed by atoms with van der Waals surface area (Å²) in [7, 11) is 0. The zero-order chi connectivity index (χ0) is 26.9. The number of nitrogens with one attached hydrogen (secondary N) is 2. The normalized spacial score (nSPS) is 13.2. The van der Waals surface area contributed by atoms with Gasteiger partial charge in [0.25, 0.3) is 0 Å². The molecule has 0 fully saturated rings. The molecule has 0 aliphatic rings. The standard InChI is InChI=1S/C27H29N3O7/c28-22(13-16-1-7-19(31)8-2-16)25(34)29-23(14-17-3-9-20(32)10-4-17)26(35)30-24(27(36)37)15-18-5-11-21(33)12-6-18/h1-12,22-24,31-33H,13-15,28H2,(H,29,34)(H,30,35)(H,36,37)/t22-,23-,24?/m0/s1. The number of aromatic hydroxyl groups is 3. The Hall–Kier alpha value is -4.57. The maximum atomic E-state index is 13.2. The zero-order valence-corrected chi connectivity index (χ0v) is 19.9. The van der Waals surface area contributed by atoms with Crippen LogP contribution in [0, 0.1) is 0 Å². The summed E-state index contributed by atoms with van der Waals surface area (Å²) in [5.74, 6) is -2.46. The van der Waals surface area contributed by atoms with E-state index in [0.717, 1.165) is 0 Å². The summed E-state index contributed by atoms with van der Waals surface area (Å²) in [5.41, 5.74) is 7.97. The van der Waals surface area contributed by atoms with Crippen LogP contribution in [0.1, 0.15) is 16.7 Å². The second-order valence-corrected chi connectivity index (χ2v) is 8.68. The monoisotopic (exact) mass is 507 g/mol. The fourth-order valence-electron chi connectivity index (χ4n) is 3.67. The highest BCUT2D eigenvalue weighted by Crippen LogP contribution is 2.14. The number of phenols is 3. The van der Waals surface area contributed by atoms with Gasteiger partial charge < -0.3 is 36.8 Å². The summed E-state index contributed by atoms with van der Waals surface area (Å²) >= 11 is 0. The first-order chi connectivity index (χ1) is 17.6. The number of carbonyl (C=O) groups excluding carboxylic acids is 2. The molecule has 10 heteroatoms. The Morgan fingerprint density at radius 3 is 1.35 bits per heavy atom. The van der Waals surface area contributed by atoms with E-state index >= 15 is 0 Å². The van der Waals surface area contributed by atoms with Gasteiger partial charge >= 0.3 is 5.97 Å². The number of rotatable bonds is 11. The Balaban J connectivity index is 1.74. The molecule has 194 valence electrons. The second-order valence-electron chi connectivity index (χ2n) is 8.68. The van der Waals surface area contributed by atoms with E-state index in [-0.39, 0.29) is 36.5 Å². The summed E-state index contributed by atoms with van der Waals surface area (Å²) in [6.07, 6.45) is 0.134. The molecule has 0 aromatic heterocycles. The predicted octanol–water partition coefficient (Wildman–Crippen LogP) is 1.21. The third kappa shape index (κ3) is 8.25. The molecule has 0 aliphatic carbocycles. The van der Waals surface area contributed by atoms with Crippen LogP contribution in [-0.4, -0.2) is 56.3 Å². The van der Waals surface area contributed by atoms with Gasteiger partial charge in [-0.05, 0) is 59.5 Å². The molecule has 0 heterocycles. The Kier molecular flexibility index (Phi) is 9.06. The molecule has 3 rings (SSSR count). The number of carboxylic acid groups (broad SMARTS) is 1. The maximum absolute atomic E-state index is 13.2. The fourth-order valence-corrected chi connectivity index (χ4v) is 3.67. The fraction of sp³-hybridized carbons (Fsp3) is 0.222. The smallest absolute Gasteiger partial charge is 0.326 e. The Labute approximate surface area is 213 Å². The quantitative estimate of drug-likeness (QED) is 0.202. The Morgan fingerprint density at radius 2 is 0.946 bits per heavy atom.